The van der Waals surface area contributed by atoms with Crippen molar-refractivity contribution in [3.63, 3.8) is 0 Å². The zero-order chi connectivity index (χ0) is 31.6. The summed E-state index contributed by atoms with van der Waals surface area (Å²) in [6.07, 6.45) is 0. The first kappa shape index (κ1) is 26.7. The zero-order valence-electron chi connectivity index (χ0n) is 25.8. The van der Waals surface area contributed by atoms with Crippen molar-refractivity contribution < 1.29 is 4.42 Å². The standard InChI is InChI=1S/C44H27N3O/c1-3-13-28(14-4-1)36-27-37(29-15-5-2-6-16-29)46-44(45-36)30-23-25-31(26-24-30)47-38-21-11-9-19-34(38)41-42(47)33-18-8-7-17-32(33)40-35-20-10-12-22-39(35)48-43(40)41/h1-27H. The van der Waals surface area contributed by atoms with Crippen molar-refractivity contribution in [3.8, 4) is 39.6 Å². The van der Waals surface area contributed by atoms with Crippen molar-refractivity contribution in [2.75, 3.05) is 0 Å². The molecular weight excluding hydrogens is 587 g/mol. The van der Waals surface area contributed by atoms with Crippen LogP contribution in [0.5, 0.6) is 0 Å². The Kier molecular flexibility index (Phi) is 5.84. The minimum atomic E-state index is 0.693. The van der Waals surface area contributed by atoms with Gasteiger partial charge in [-0.05, 0) is 47.9 Å². The first-order valence-electron chi connectivity index (χ1n) is 16.2. The van der Waals surface area contributed by atoms with Crippen LogP contribution in [-0.4, -0.2) is 14.5 Å². The molecule has 0 fully saturated rings. The fourth-order valence-corrected chi connectivity index (χ4v) is 7.24. The molecule has 0 saturated carbocycles. The van der Waals surface area contributed by atoms with E-state index in [1.807, 2.05) is 42.5 Å². The van der Waals surface area contributed by atoms with Crippen LogP contribution in [-0.2, 0) is 0 Å². The first-order valence-corrected chi connectivity index (χ1v) is 16.2. The average Bonchev–Trinajstić information content (AvgIpc) is 3.72. The molecule has 3 aromatic heterocycles. The summed E-state index contributed by atoms with van der Waals surface area (Å²) in [6.45, 7) is 0. The molecule has 0 aliphatic rings. The van der Waals surface area contributed by atoms with Crippen molar-refractivity contribution in [1.29, 1.82) is 0 Å². The molecule has 4 nitrogen and oxygen atoms in total. The Morgan fingerprint density at radius 2 is 1.00 bits per heavy atom. The SMILES string of the molecule is c1ccc(-c2cc(-c3ccccc3)nc(-c3ccc(-n4c5ccccc5c5c6oc7ccccc7c6c6ccccc6c54)cc3)n2)cc1. The smallest absolute Gasteiger partial charge is 0.160 e. The molecule has 10 rings (SSSR count). The van der Waals surface area contributed by atoms with Gasteiger partial charge in [0.1, 0.15) is 11.2 Å². The van der Waals surface area contributed by atoms with Gasteiger partial charge in [0.05, 0.1) is 27.8 Å². The Hall–Kier alpha value is -6.52. The lowest BCUT2D eigenvalue weighted by molar-refractivity contribution is 0.673. The molecule has 0 unspecified atom stereocenters. The maximum atomic E-state index is 6.67. The van der Waals surface area contributed by atoms with Gasteiger partial charge in [-0.3, -0.25) is 0 Å². The molecule has 0 aliphatic carbocycles. The Morgan fingerprint density at radius 1 is 0.438 bits per heavy atom. The van der Waals surface area contributed by atoms with E-state index < -0.39 is 0 Å². The summed E-state index contributed by atoms with van der Waals surface area (Å²) >= 11 is 0. The van der Waals surface area contributed by atoms with Gasteiger partial charge in [-0.2, -0.15) is 0 Å². The van der Waals surface area contributed by atoms with Gasteiger partial charge < -0.3 is 8.98 Å². The maximum absolute atomic E-state index is 6.67. The maximum Gasteiger partial charge on any atom is 0.160 e. The summed E-state index contributed by atoms with van der Waals surface area (Å²) in [5.74, 6) is 0.693. The number of hydrogen-bond acceptors (Lipinski definition) is 3. The highest BCUT2D eigenvalue weighted by molar-refractivity contribution is 6.35. The monoisotopic (exact) mass is 613 g/mol. The molecule has 224 valence electrons. The van der Waals surface area contributed by atoms with Crippen LogP contribution in [0.1, 0.15) is 0 Å². The van der Waals surface area contributed by atoms with Crippen molar-refractivity contribution >= 4 is 54.5 Å². The van der Waals surface area contributed by atoms with E-state index in [4.69, 9.17) is 14.4 Å². The molecule has 0 aliphatic heterocycles. The molecule has 3 heterocycles. The fourth-order valence-electron chi connectivity index (χ4n) is 7.24. The molecule has 7 aromatic carbocycles. The summed E-state index contributed by atoms with van der Waals surface area (Å²) in [7, 11) is 0. The Morgan fingerprint density at radius 3 is 1.69 bits per heavy atom. The minimum absolute atomic E-state index is 0.693. The van der Waals surface area contributed by atoms with E-state index in [9.17, 15) is 0 Å². The van der Waals surface area contributed by atoms with Crippen LogP contribution in [0, 0.1) is 0 Å². The summed E-state index contributed by atoms with van der Waals surface area (Å²) in [5.41, 5.74) is 10.0. The van der Waals surface area contributed by atoms with E-state index in [1.165, 1.54) is 10.8 Å². The van der Waals surface area contributed by atoms with E-state index in [2.05, 4.69) is 126 Å². The first-order chi connectivity index (χ1) is 23.8. The zero-order valence-corrected chi connectivity index (χ0v) is 25.8. The van der Waals surface area contributed by atoms with E-state index in [0.717, 1.165) is 77.5 Å². The highest BCUT2D eigenvalue weighted by Gasteiger charge is 2.22. The van der Waals surface area contributed by atoms with E-state index in [1.54, 1.807) is 0 Å². The van der Waals surface area contributed by atoms with Gasteiger partial charge in [0.2, 0.25) is 0 Å². The lowest BCUT2D eigenvalue weighted by Crippen LogP contribution is -1.97. The summed E-state index contributed by atoms with van der Waals surface area (Å²) in [6, 6.07) is 57.0. The second-order valence-electron chi connectivity index (χ2n) is 12.2. The fraction of sp³-hybridized carbons (Fsp3) is 0. The van der Waals surface area contributed by atoms with Crippen LogP contribution >= 0.6 is 0 Å². The lowest BCUT2D eigenvalue weighted by atomic mass is 9.99. The van der Waals surface area contributed by atoms with Crippen LogP contribution in [0.25, 0.3) is 94.1 Å². The number of aromatic nitrogens is 3. The van der Waals surface area contributed by atoms with Gasteiger partial charge in [-0.1, -0.05) is 121 Å². The van der Waals surface area contributed by atoms with Gasteiger partial charge in [0.25, 0.3) is 0 Å². The highest BCUT2D eigenvalue weighted by atomic mass is 16.3. The van der Waals surface area contributed by atoms with Crippen LogP contribution in [0.2, 0.25) is 0 Å². The quantitative estimate of drug-likeness (QED) is 0.198. The number of hydrogen-bond donors (Lipinski definition) is 0. The molecule has 0 bridgehead atoms. The average molecular weight is 614 g/mol. The Balaban J connectivity index is 1.21. The third kappa shape index (κ3) is 4.03. The van der Waals surface area contributed by atoms with Crippen molar-refractivity contribution in [2.45, 2.75) is 0 Å². The molecule has 0 radical (unpaired) electrons. The van der Waals surface area contributed by atoms with E-state index >= 15 is 0 Å². The van der Waals surface area contributed by atoms with Crippen LogP contribution in [0.15, 0.2) is 168 Å². The van der Waals surface area contributed by atoms with Gasteiger partial charge in [0, 0.05) is 43.9 Å². The molecule has 0 spiro atoms. The third-order valence-electron chi connectivity index (χ3n) is 9.40. The van der Waals surface area contributed by atoms with Crippen LogP contribution < -0.4 is 0 Å². The topological polar surface area (TPSA) is 43.9 Å². The van der Waals surface area contributed by atoms with E-state index in [-0.39, 0.29) is 0 Å². The van der Waals surface area contributed by atoms with E-state index in [0.29, 0.717) is 5.82 Å². The second kappa shape index (κ2) is 10.5. The van der Waals surface area contributed by atoms with Gasteiger partial charge in [-0.15, -0.1) is 0 Å². The lowest BCUT2D eigenvalue weighted by Gasteiger charge is -2.12. The summed E-state index contributed by atoms with van der Waals surface area (Å²) < 4.78 is 9.05. The highest BCUT2D eigenvalue weighted by Crippen LogP contribution is 2.45. The Bertz CT molecular complexity index is 2760. The van der Waals surface area contributed by atoms with Gasteiger partial charge in [0.15, 0.2) is 5.82 Å². The van der Waals surface area contributed by atoms with Gasteiger partial charge in [-0.25, -0.2) is 9.97 Å². The molecule has 10 aromatic rings. The molecule has 4 heteroatoms. The molecule has 0 saturated heterocycles. The number of furan rings is 1. The summed E-state index contributed by atoms with van der Waals surface area (Å²) in [5, 5.41) is 6.98. The normalized spacial score (nSPS) is 11.8. The largest absolute Gasteiger partial charge is 0.455 e. The third-order valence-corrected chi connectivity index (χ3v) is 9.40. The minimum Gasteiger partial charge on any atom is -0.455 e. The molecule has 0 amide bonds. The molecule has 48 heavy (non-hydrogen) atoms. The number of rotatable bonds is 4. The predicted octanol–water partition coefficient (Wildman–Crippen LogP) is 11.6. The number of para-hydroxylation sites is 2. The predicted molar refractivity (Wildman–Crippen MR) is 197 cm³/mol. The second-order valence-corrected chi connectivity index (χ2v) is 12.2. The summed E-state index contributed by atoms with van der Waals surface area (Å²) in [4.78, 5) is 10.1. The van der Waals surface area contributed by atoms with Crippen molar-refractivity contribution in [2.24, 2.45) is 0 Å². The van der Waals surface area contributed by atoms with Crippen LogP contribution in [0.3, 0.4) is 0 Å². The molecule has 0 N–H and O–H groups in total. The Labute approximate surface area is 276 Å². The molecular formula is C44H27N3O. The van der Waals surface area contributed by atoms with Crippen molar-refractivity contribution in [1.82, 2.24) is 14.5 Å². The van der Waals surface area contributed by atoms with Gasteiger partial charge >= 0.3 is 0 Å². The van der Waals surface area contributed by atoms with Crippen LogP contribution in [0.4, 0.5) is 0 Å². The van der Waals surface area contributed by atoms with Crippen molar-refractivity contribution in [3.05, 3.63) is 164 Å². The number of nitrogens with zero attached hydrogens (tertiary/aromatic N) is 3. The number of fused-ring (bicyclic) bond motifs is 10. The molecule has 0 atom stereocenters. The number of benzene rings is 7.